The molecule has 0 aromatic heterocycles. The Morgan fingerprint density at radius 3 is 2.45 bits per heavy atom. The molecule has 2 aromatic rings. The number of para-hydroxylation sites is 1. The summed E-state index contributed by atoms with van der Waals surface area (Å²) in [5.74, 6) is -0.535. The molecule has 2 rings (SSSR count). The van der Waals surface area contributed by atoms with Crippen LogP contribution in [0.5, 0.6) is 5.75 Å². The molecule has 0 saturated heterocycles. The van der Waals surface area contributed by atoms with Crippen LogP contribution in [0.1, 0.15) is 12.0 Å². The van der Waals surface area contributed by atoms with Crippen LogP contribution in [0.3, 0.4) is 0 Å². The van der Waals surface area contributed by atoms with Crippen molar-refractivity contribution in [3.05, 3.63) is 58.6 Å². The van der Waals surface area contributed by atoms with Gasteiger partial charge in [-0.15, -0.1) is 0 Å². The van der Waals surface area contributed by atoms with E-state index in [-0.39, 0.29) is 6.42 Å². The van der Waals surface area contributed by atoms with E-state index in [1.165, 1.54) is 0 Å². The van der Waals surface area contributed by atoms with Crippen LogP contribution < -0.4 is 10.1 Å². The van der Waals surface area contributed by atoms with Crippen molar-refractivity contribution in [3.63, 3.8) is 0 Å². The Balaban J connectivity index is 2.01. The normalized spacial score (nSPS) is 10.0. The topological polar surface area (TPSA) is 75.6 Å². The largest absolute Gasteiger partial charge is 0.481 e. The van der Waals surface area contributed by atoms with Crippen molar-refractivity contribution in [2.24, 2.45) is 0 Å². The molecule has 0 aliphatic rings. The monoisotopic (exact) mass is 363 g/mol. The highest BCUT2D eigenvalue weighted by molar-refractivity contribution is 9.10. The Kier molecular flexibility index (Phi) is 5.55. The zero-order valence-corrected chi connectivity index (χ0v) is 13.2. The minimum absolute atomic E-state index is 0.0191. The second-order valence-corrected chi connectivity index (χ2v) is 5.44. The SMILES string of the molecule is O=C(O)CCc1ccccc1OC(=O)Nc1ccc(Br)cc1. The third kappa shape index (κ3) is 4.89. The van der Waals surface area contributed by atoms with Crippen LogP contribution in [0.25, 0.3) is 0 Å². The number of carboxylic acid groups (broad SMARTS) is 1. The number of carbonyl (C=O) groups excluding carboxylic acids is 1. The number of amides is 1. The van der Waals surface area contributed by atoms with Crippen molar-refractivity contribution in [2.45, 2.75) is 12.8 Å². The number of anilines is 1. The molecule has 0 bridgehead atoms. The van der Waals surface area contributed by atoms with E-state index in [9.17, 15) is 9.59 Å². The van der Waals surface area contributed by atoms with Crippen LogP contribution in [-0.2, 0) is 11.2 Å². The van der Waals surface area contributed by atoms with Gasteiger partial charge in [-0.25, -0.2) is 4.79 Å². The van der Waals surface area contributed by atoms with Gasteiger partial charge in [0, 0.05) is 16.6 Å². The number of rotatable bonds is 5. The first-order valence-electron chi connectivity index (χ1n) is 6.58. The molecule has 114 valence electrons. The fraction of sp³-hybridized carbons (Fsp3) is 0.125. The highest BCUT2D eigenvalue weighted by Gasteiger charge is 2.10. The number of nitrogens with one attached hydrogen (secondary N) is 1. The first kappa shape index (κ1) is 16.0. The second kappa shape index (κ2) is 7.61. The Morgan fingerprint density at radius 2 is 1.77 bits per heavy atom. The van der Waals surface area contributed by atoms with Crippen molar-refractivity contribution in [2.75, 3.05) is 5.32 Å². The third-order valence-electron chi connectivity index (χ3n) is 2.87. The highest BCUT2D eigenvalue weighted by Crippen LogP contribution is 2.21. The molecule has 0 aliphatic carbocycles. The minimum atomic E-state index is -0.894. The van der Waals surface area contributed by atoms with Crippen molar-refractivity contribution < 1.29 is 19.4 Å². The minimum Gasteiger partial charge on any atom is -0.481 e. The van der Waals surface area contributed by atoms with Crippen LogP contribution in [0.4, 0.5) is 10.5 Å². The van der Waals surface area contributed by atoms with Crippen molar-refractivity contribution >= 4 is 33.7 Å². The van der Waals surface area contributed by atoms with Gasteiger partial charge in [-0.2, -0.15) is 0 Å². The lowest BCUT2D eigenvalue weighted by Crippen LogP contribution is -2.17. The van der Waals surface area contributed by atoms with Crippen LogP contribution in [0.2, 0.25) is 0 Å². The van der Waals surface area contributed by atoms with E-state index in [1.807, 2.05) is 0 Å². The van der Waals surface area contributed by atoms with Crippen LogP contribution in [0.15, 0.2) is 53.0 Å². The zero-order valence-electron chi connectivity index (χ0n) is 11.6. The van der Waals surface area contributed by atoms with Gasteiger partial charge in [-0.1, -0.05) is 34.1 Å². The van der Waals surface area contributed by atoms with Crippen molar-refractivity contribution in [1.29, 1.82) is 0 Å². The molecule has 0 aliphatic heterocycles. The van der Waals surface area contributed by atoms with Gasteiger partial charge in [0.1, 0.15) is 5.75 Å². The summed E-state index contributed by atoms with van der Waals surface area (Å²) in [4.78, 5) is 22.5. The predicted molar refractivity (Wildman–Crippen MR) is 86.2 cm³/mol. The lowest BCUT2D eigenvalue weighted by molar-refractivity contribution is -0.136. The molecule has 6 heteroatoms. The van der Waals surface area contributed by atoms with Crippen molar-refractivity contribution in [3.8, 4) is 5.75 Å². The molecule has 0 heterocycles. The molecule has 1 amide bonds. The first-order chi connectivity index (χ1) is 10.5. The molecular formula is C16H14BrNO4. The van der Waals surface area contributed by atoms with Gasteiger partial charge in [-0.3, -0.25) is 10.1 Å². The predicted octanol–water partition coefficient (Wildman–Crippen LogP) is 4.08. The Morgan fingerprint density at radius 1 is 1.09 bits per heavy atom. The molecule has 0 radical (unpaired) electrons. The van der Waals surface area contributed by atoms with Crippen LogP contribution in [0, 0.1) is 0 Å². The van der Waals surface area contributed by atoms with E-state index in [0.29, 0.717) is 23.4 Å². The standard InChI is InChI=1S/C16H14BrNO4/c17-12-6-8-13(9-7-12)18-16(21)22-14-4-2-1-3-11(14)5-10-15(19)20/h1-4,6-9H,5,10H2,(H,18,21)(H,19,20). The summed E-state index contributed by atoms with van der Waals surface area (Å²) >= 11 is 3.31. The summed E-state index contributed by atoms with van der Waals surface area (Å²) in [5.41, 5.74) is 1.28. The van der Waals surface area contributed by atoms with E-state index < -0.39 is 12.1 Å². The number of hydrogen-bond donors (Lipinski definition) is 2. The van der Waals surface area contributed by atoms with E-state index in [0.717, 1.165) is 4.47 Å². The molecule has 0 fully saturated rings. The average molecular weight is 364 g/mol. The zero-order chi connectivity index (χ0) is 15.9. The number of aliphatic carboxylic acids is 1. The number of aryl methyl sites for hydroxylation is 1. The Labute approximate surface area is 136 Å². The summed E-state index contributed by atoms with van der Waals surface area (Å²) < 4.78 is 6.17. The van der Waals surface area contributed by atoms with Crippen molar-refractivity contribution in [1.82, 2.24) is 0 Å². The molecule has 0 atom stereocenters. The highest BCUT2D eigenvalue weighted by atomic mass is 79.9. The molecule has 2 N–H and O–H groups in total. The maximum Gasteiger partial charge on any atom is 0.417 e. The second-order valence-electron chi connectivity index (χ2n) is 4.52. The fourth-order valence-electron chi connectivity index (χ4n) is 1.83. The summed E-state index contributed by atoms with van der Waals surface area (Å²) in [6.45, 7) is 0. The average Bonchev–Trinajstić information content (AvgIpc) is 2.48. The van der Waals surface area contributed by atoms with Gasteiger partial charge >= 0.3 is 12.1 Å². The van der Waals surface area contributed by atoms with E-state index >= 15 is 0 Å². The quantitative estimate of drug-likeness (QED) is 0.839. The van der Waals surface area contributed by atoms with E-state index in [4.69, 9.17) is 9.84 Å². The van der Waals surface area contributed by atoms with Gasteiger partial charge in [-0.05, 0) is 42.3 Å². The number of benzene rings is 2. The maximum absolute atomic E-state index is 11.9. The number of carbonyl (C=O) groups is 2. The Hall–Kier alpha value is -2.34. The molecule has 2 aromatic carbocycles. The molecular weight excluding hydrogens is 350 g/mol. The van der Waals surface area contributed by atoms with Gasteiger partial charge < -0.3 is 9.84 Å². The fourth-order valence-corrected chi connectivity index (χ4v) is 2.09. The summed E-state index contributed by atoms with van der Waals surface area (Å²) in [7, 11) is 0. The van der Waals surface area contributed by atoms with Gasteiger partial charge in [0.2, 0.25) is 0 Å². The lowest BCUT2D eigenvalue weighted by Gasteiger charge is -2.10. The number of carboxylic acids is 1. The van der Waals surface area contributed by atoms with Crippen LogP contribution >= 0.6 is 15.9 Å². The van der Waals surface area contributed by atoms with Gasteiger partial charge in [0.15, 0.2) is 0 Å². The molecule has 22 heavy (non-hydrogen) atoms. The molecule has 0 unspecified atom stereocenters. The molecule has 5 nitrogen and oxygen atoms in total. The van der Waals surface area contributed by atoms with E-state index in [1.54, 1.807) is 48.5 Å². The molecule has 0 saturated carbocycles. The number of hydrogen-bond acceptors (Lipinski definition) is 3. The first-order valence-corrected chi connectivity index (χ1v) is 7.38. The lowest BCUT2D eigenvalue weighted by atomic mass is 10.1. The van der Waals surface area contributed by atoms with Crippen LogP contribution in [-0.4, -0.2) is 17.2 Å². The summed E-state index contributed by atoms with van der Waals surface area (Å²) in [6.07, 6.45) is -0.337. The smallest absolute Gasteiger partial charge is 0.417 e. The third-order valence-corrected chi connectivity index (χ3v) is 3.40. The number of halogens is 1. The maximum atomic E-state index is 11.9. The summed E-state index contributed by atoms with van der Waals surface area (Å²) in [6, 6.07) is 14.0. The Bertz CT molecular complexity index is 670. The number of ether oxygens (including phenoxy) is 1. The van der Waals surface area contributed by atoms with Gasteiger partial charge in [0.25, 0.3) is 0 Å². The molecule has 0 spiro atoms. The van der Waals surface area contributed by atoms with Gasteiger partial charge in [0.05, 0.1) is 0 Å². The summed E-state index contributed by atoms with van der Waals surface area (Å²) in [5, 5.41) is 11.4. The van der Waals surface area contributed by atoms with E-state index in [2.05, 4.69) is 21.2 Å².